The van der Waals surface area contributed by atoms with Gasteiger partial charge in [-0.05, 0) is 49.6 Å². The molecule has 0 bridgehead atoms. The molecule has 1 aliphatic rings. The Bertz CT molecular complexity index is 609. The normalized spacial score (nSPS) is 18.2. The van der Waals surface area contributed by atoms with Crippen molar-refractivity contribution < 1.29 is 4.79 Å². The van der Waals surface area contributed by atoms with Gasteiger partial charge in [-0.2, -0.15) is 0 Å². The summed E-state index contributed by atoms with van der Waals surface area (Å²) in [7, 11) is 0. The van der Waals surface area contributed by atoms with Crippen molar-refractivity contribution in [2.24, 2.45) is 0 Å². The first-order chi connectivity index (χ1) is 9.75. The summed E-state index contributed by atoms with van der Waals surface area (Å²) in [5, 5.41) is 0. The lowest BCUT2D eigenvalue weighted by molar-refractivity contribution is 0.0735. The lowest BCUT2D eigenvalue weighted by atomic mass is 10.0. The number of nitrogens with zero attached hydrogens (tertiary/aromatic N) is 2. The molecule has 1 aromatic heterocycles. The number of aryl methyl sites for hydroxylation is 1. The quantitative estimate of drug-likeness (QED) is 0.835. The summed E-state index contributed by atoms with van der Waals surface area (Å²) in [4.78, 5) is 18.9. The van der Waals surface area contributed by atoms with Crippen LogP contribution in [0.1, 0.15) is 40.5 Å². The maximum atomic E-state index is 12.6. The summed E-state index contributed by atoms with van der Waals surface area (Å²) in [6.45, 7) is 2.82. The van der Waals surface area contributed by atoms with Gasteiger partial charge < -0.3 is 4.90 Å². The lowest BCUT2D eigenvalue weighted by Crippen LogP contribution is -2.30. The number of likely N-dealkylation sites (tertiary alicyclic amines) is 1. The van der Waals surface area contributed by atoms with Crippen molar-refractivity contribution in [1.29, 1.82) is 0 Å². The van der Waals surface area contributed by atoms with Crippen LogP contribution in [0.2, 0.25) is 0 Å². The fourth-order valence-electron chi connectivity index (χ4n) is 2.88. The topological polar surface area (TPSA) is 33.2 Å². The number of amides is 1. The predicted molar refractivity (Wildman–Crippen MR) is 78.4 cm³/mol. The lowest BCUT2D eigenvalue weighted by Gasteiger charge is -2.25. The minimum atomic E-state index is 0.127. The monoisotopic (exact) mass is 266 g/mol. The summed E-state index contributed by atoms with van der Waals surface area (Å²) in [5.74, 6) is 0.127. The molecule has 102 valence electrons. The van der Waals surface area contributed by atoms with E-state index in [-0.39, 0.29) is 11.9 Å². The van der Waals surface area contributed by atoms with Gasteiger partial charge in [0, 0.05) is 24.0 Å². The van der Waals surface area contributed by atoms with E-state index in [1.807, 2.05) is 54.4 Å². The van der Waals surface area contributed by atoms with E-state index in [9.17, 15) is 4.79 Å². The minimum Gasteiger partial charge on any atom is -0.332 e. The summed E-state index contributed by atoms with van der Waals surface area (Å²) in [6.07, 6.45) is 3.92. The van der Waals surface area contributed by atoms with Gasteiger partial charge in [-0.1, -0.05) is 18.2 Å². The highest BCUT2D eigenvalue weighted by Gasteiger charge is 2.30. The smallest absolute Gasteiger partial charge is 0.254 e. The van der Waals surface area contributed by atoms with E-state index < -0.39 is 0 Å². The minimum absolute atomic E-state index is 0.127. The molecule has 1 fully saturated rings. The third-order valence-corrected chi connectivity index (χ3v) is 3.84. The molecule has 3 rings (SSSR count). The zero-order chi connectivity index (χ0) is 13.9. The molecular formula is C17H18N2O. The first-order valence-corrected chi connectivity index (χ1v) is 7.04. The van der Waals surface area contributed by atoms with Crippen molar-refractivity contribution in [1.82, 2.24) is 9.88 Å². The number of carbonyl (C=O) groups excluding carboxylic acids is 1. The average molecular weight is 266 g/mol. The molecule has 2 aromatic rings. The van der Waals surface area contributed by atoms with Crippen LogP contribution < -0.4 is 0 Å². The van der Waals surface area contributed by atoms with Gasteiger partial charge in [0.05, 0.1) is 6.04 Å². The molecule has 1 atom stereocenters. The van der Waals surface area contributed by atoms with Crippen LogP contribution in [0.25, 0.3) is 0 Å². The maximum absolute atomic E-state index is 12.6. The van der Waals surface area contributed by atoms with Gasteiger partial charge >= 0.3 is 0 Å². The van der Waals surface area contributed by atoms with E-state index in [1.54, 1.807) is 0 Å². The zero-order valence-corrected chi connectivity index (χ0v) is 11.6. The Labute approximate surface area is 119 Å². The van der Waals surface area contributed by atoms with Gasteiger partial charge in [-0.25, -0.2) is 0 Å². The maximum Gasteiger partial charge on any atom is 0.254 e. The van der Waals surface area contributed by atoms with Crippen LogP contribution in [0.4, 0.5) is 0 Å². The summed E-state index contributed by atoms with van der Waals surface area (Å²) < 4.78 is 0. The molecule has 0 N–H and O–H groups in total. The number of hydrogen-bond donors (Lipinski definition) is 0. The van der Waals surface area contributed by atoms with Crippen LogP contribution in [-0.4, -0.2) is 22.3 Å². The molecule has 3 nitrogen and oxygen atoms in total. The molecule has 0 saturated carbocycles. The van der Waals surface area contributed by atoms with Gasteiger partial charge in [-0.15, -0.1) is 0 Å². The van der Waals surface area contributed by atoms with E-state index in [2.05, 4.69) is 11.1 Å². The van der Waals surface area contributed by atoms with Crippen molar-refractivity contribution in [3.8, 4) is 0 Å². The second-order valence-corrected chi connectivity index (χ2v) is 5.25. The van der Waals surface area contributed by atoms with Gasteiger partial charge in [0.25, 0.3) is 5.91 Å². The Morgan fingerprint density at radius 1 is 1.25 bits per heavy atom. The number of benzene rings is 1. The molecule has 0 aliphatic carbocycles. The summed E-state index contributed by atoms with van der Waals surface area (Å²) >= 11 is 0. The van der Waals surface area contributed by atoms with Crippen molar-refractivity contribution in [3.63, 3.8) is 0 Å². The van der Waals surface area contributed by atoms with Crippen LogP contribution in [-0.2, 0) is 0 Å². The van der Waals surface area contributed by atoms with Crippen LogP contribution in [0.15, 0.2) is 48.7 Å². The highest BCUT2D eigenvalue weighted by atomic mass is 16.2. The molecule has 20 heavy (non-hydrogen) atoms. The summed E-state index contributed by atoms with van der Waals surface area (Å²) in [6, 6.07) is 13.8. The fraction of sp³-hybridized carbons (Fsp3) is 0.294. The first kappa shape index (κ1) is 12.9. The second-order valence-electron chi connectivity index (χ2n) is 5.25. The van der Waals surface area contributed by atoms with Crippen LogP contribution in [0.5, 0.6) is 0 Å². The van der Waals surface area contributed by atoms with E-state index in [1.165, 1.54) is 5.56 Å². The largest absolute Gasteiger partial charge is 0.332 e. The van der Waals surface area contributed by atoms with E-state index in [0.29, 0.717) is 0 Å². The van der Waals surface area contributed by atoms with Crippen molar-refractivity contribution >= 4 is 5.91 Å². The molecule has 0 spiro atoms. The standard InChI is InChI=1S/C17H18N2O/c1-13-12-15(9-10-18-13)16-8-5-11-19(16)17(20)14-6-3-2-4-7-14/h2-4,6-7,9-10,12,16H,5,8,11H2,1H3. The molecule has 1 amide bonds. The zero-order valence-electron chi connectivity index (χ0n) is 11.6. The van der Waals surface area contributed by atoms with Gasteiger partial charge in [-0.3, -0.25) is 9.78 Å². The fourth-order valence-corrected chi connectivity index (χ4v) is 2.88. The molecular weight excluding hydrogens is 248 g/mol. The van der Waals surface area contributed by atoms with E-state index >= 15 is 0 Å². The van der Waals surface area contributed by atoms with Crippen LogP contribution in [0, 0.1) is 6.92 Å². The molecule has 1 saturated heterocycles. The van der Waals surface area contributed by atoms with Gasteiger partial charge in [0.15, 0.2) is 0 Å². The van der Waals surface area contributed by atoms with E-state index in [0.717, 1.165) is 30.6 Å². The molecule has 1 aromatic carbocycles. The highest BCUT2D eigenvalue weighted by Crippen LogP contribution is 2.33. The number of aromatic nitrogens is 1. The Hall–Kier alpha value is -2.16. The van der Waals surface area contributed by atoms with Crippen molar-refractivity contribution in [2.75, 3.05) is 6.54 Å². The number of carbonyl (C=O) groups is 1. The Morgan fingerprint density at radius 2 is 2.05 bits per heavy atom. The molecule has 3 heteroatoms. The van der Waals surface area contributed by atoms with Crippen LogP contribution in [0.3, 0.4) is 0 Å². The Morgan fingerprint density at radius 3 is 2.80 bits per heavy atom. The average Bonchev–Trinajstić information content (AvgIpc) is 2.97. The Balaban J connectivity index is 1.88. The number of pyridine rings is 1. The SMILES string of the molecule is Cc1cc(C2CCCN2C(=O)c2ccccc2)ccn1. The predicted octanol–water partition coefficient (Wildman–Crippen LogP) is 3.37. The van der Waals surface area contributed by atoms with Crippen LogP contribution >= 0.6 is 0 Å². The first-order valence-electron chi connectivity index (χ1n) is 7.04. The summed E-state index contributed by atoms with van der Waals surface area (Å²) in [5.41, 5.74) is 2.96. The highest BCUT2D eigenvalue weighted by molar-refractivity contribution is 5.94. The second kappa shape index (κ2) is 5.45. The van der Waals surface area contributed by atoms with Gasteiger partial charge in [0.2, 0.25) is 0 Å². The molecule has 1 unspecified atom stereocenters. The number of rotatable bonds is 2. The number of hydrogen-bond acceptors (Lipinski definition) is 2. The molecule has 2 heterocycles. The third kappa shape index (κ3) is 2.44. The van der Waals surface area contributed by atoms with Crippen molar-refractivity contribution in [3.05, 3.63) is 65.5 Å². The third-order valence-electron chi connectivity index (χ3n) is 3.84. The molecule has 1 aliphatic heterocycles. The molecule has 0 radical (unpaired) electrons. The van der Waals surface area contributed by atoms with Gasteiger partial charge in [0.1, 0.15) is 0 Å². The van der Waals surface area contributed by atoms with E-state index in [4.69, 9.17) is 0 Å². The Kier molecular flexibility index (Phi) is 3.50. The van der Waals surface area contributed by atoms with Crippen molar-refractivity contribution in [2.45, 2.75) is 25.8 Å².